The Morgan fingerprint density at radius 1 is 1.04 bits per heavy atom. The van der Waals surface area contributed by atoms with Crippen molar-refractivity contribution in [2.24, 2.45) is 0 Å². The number of aryl methyl sites for hydroxylation is 1. The minimum Gasteiger partial charge on any atom is -0.484 e. The Hall–Kier alpha value is -2.73. The van der Waals surface area contributed by atoms with Gasteiger partial charge < -0.3 is 19.1 Å². The van der Waals surface area contributed by atoms with Gasteiger partial charge in [-0.3, -0.25) is 9.69 Å². The van der Waals surface area contributed by atoms with Crippen LogP contribution in [0.4, 0.5) is 0 Å². The molecule has 4 rings (SSSR count). The van der Waals surface area contributed by atoms with Gasteiger partial charge in [0.15, 0.2) is 18.1 Å². The zero-order valence-corrected chi connectivity index (χ0v) is 15.5. The molecule has 6 heteroatoms. The van der Waals surface area contributed by atoms with Crippen molar-refractivity contribution in [2.45, 2.75) is 13.5 Å². The molecule has 2 heterocycles. The van der Waals surface area contributed by atoms with Crippen molar-refractivity contribution < 1.29 is 19.0 Å². The summed E-state index contributed by atoms with van der Waals surface area (Å²) in [6, 6.07) is 13.8. The number of benzene rings is 2. The quantitative estimate of drug-likeness (QED) is 0.811. The highest BCUT2D eigenvalue weighted by Gasteiger charge is 2.22. The molecular formula is C21H24N2O4. The Morgan fingerprint density at radius 3 is 2.63 bits per heavy atom. The van der Waals surface area contributed by atoms with Crippen molar-refractivity contribution in [3.05, 3.63) is 53.6 Å². The second-order valence-corrected chi connectivity index (χ2v) is 6.90. The number of fused-ring (bicyclic) bond motifs is 1. The molecule has 6 nitrogen and oxygen atoms in total. The zero-order valence-electron chi connectivity index (χ0n) is 15.5. The molecule has 2 aliphatic heterocycles. The molecule has 0 aromatic heterocycles. The Morgan fingerprint density at radius 2 is 1.81 bits per heavy atom. The van der Waals surface area contributed by atoms with Crippen LogP contribution in [-0.4, -0.2) is 55.3 Å². The molecule has 27 heavy (non-hydrogen) atoms. The summed E-state index contributed by atoms with van der Waals surface area (Å²) in [5.41, 5.74) is 2.24. The number of nitrogens with zero attached hydrogens (tertiary/aromatic N) is 2. The molecular weight excluding hydrogens is 344 g/mol. The van der Waals surface area contributed by atoms with Gasteiger partial charge in [-0.15, -0.1) is 0 Å². The fraction of sp³-hybridized carbons (Fsp3) is 0.381. The van der Waals surface area contributed by atoms with Crippen LogP contribution in [0.25, 0.3) is 0 Å². The van der Waals surface area contributed by atoms with Crippen LogP contribution in [0.15, 0.2) is 42.5 Å². The summed E-state index contributed by atoms with van der Waals surface area (Å²) in [6.45, 7) is 6.36. The van der Waals surface area contributed by atoms with Gasteiger partial charge in [-0.05, 0) is 36.2 Å². The van der Waals surface area contributed by atoms with Crippen LogP contribution in [-0.2, 0) is 11.3 Å². The summed E-state index contributed by atoms with van der Waals surface area (Å²) >= 11 is 0. The molecule has 0 N–H and O–H groups in total. The van der Waals surface area contributed by atoms with Crippen LogP contribution >= 0.6 is 0 Å². The summed E-state index contributed by atoms with van der Waals surface area (Å²) < 4.78 is 16.5. The highest BCUT2D eigenvalue weighted by molar-refractivity contribution is 5.78. The average molecular weight is 368 g/mol. The summed E-state index contributed by atoms with van der Waals surface area (Å²) in [5, 5.41) is 0. The van der Waals surface area contributed by atoms with Gasteiger partial charge in [-0.1, -0.05) is 24.3 Å². The SMILES string of the molecule is Cc1ccccc1OCC(=O)N1CCN(Cc2ccc3c(c2)OCO3)CC1. The van der Waals surface area contributed by atoms with E-state index in [9.17, 15) is 4.79 Å². The zero-order chi connectivity index (χ0) is 18.6. The lowest BCUT2D eigenvalue weighted by molar-refractivity contribution is -0.135. The van der Waals surface area contributed by atoms with E-state index in [0.717, 1.165) is 55.5 Å². The first-order chi connectivity index (χ1) is 13.2. The van der Waals surface area contributed by atoms with E-state index < -0.39 is 0 Å². The molecule has 0 aliphatic carbocycles. The second-order valence-electron chi connectivity index (χ2n) is 6.90. The molecule has 0 atom stereocenters. The summed E-state index contributed by atoms with van der Waals surface area (Å²) in [5.74, 6) is 2.44. The summed E-state index contributed by atoms with van der Waals surface area (Å²) in [6.07, 6.45) is 0. The first kappa shape index (κ1) is 17.7. The van der Waals surface area contributed by atoms with E-state index in [0.29, 0.717) is 6.79 Å². The van der Waals surface area contributed by atoms with Crippen LogP contribution in [0, 0.1) is 6.92 Å². The van der Waals surface area contributed by atoms with Crippen molar-refractivity contribution in [3.63, 3.8) is 0 Å². The minimum atomic E-state index is 0.0426. The third-order valence-electron chi connectivity index (χ3n) is 5.01. The van der Waals surface area contributed by atoms with Gasteiger partial charge in [0.05, 0.1) is 0 Å². The van der Waals surface area contributed by atoms with Gasteiger partial charge in [0.2, 0.25) is 6.79 Å². The molecule has 2 aliphatic rings. The van der Waals surface area contributed by atoms with Crippen molar-refractivity contribution in [2.75, 3.05) is 39.6 Å². The van der Waals surface area contributed by atoms with Gasteiger partial charge in [0, 0.05) is 32.7 Å². The van der Waals surface area contributed by atoms with Crippen LogP contribution in [0.1, 0.15) is 11.1 Å². The number of rotatable bonds is 5. The second kappa shape index (κ2) is 7.88. The van der Waals surface area contributed by atoms with Crippen LogP contribution in [0.3, 0.4) is 0 Å². The molecule has 0 radical (unpaired) electrons. The number of amides is 1. The molecule has 1 saturated heterocycles. The number of hydrogen-bond acceptors (Lipinski definition) is 5. The molecule has 1 amide bonds. The predicted molar refractivity (Wildman–Crippen MR) is 101 cm³/mol. The van der Waals surface area contributed by atoms with Gasteiger partial charge >= 0.3 is 0 Å². The topological polar surface area (TPSA) is 51.2 Å². The van der Waals surface area contributed by atoms with Gasteiger partial charge in [0.1, 0.15) is 5.75 Å². The van der Waals surface area contributed by atoms with Gasteiger partial charge in [-0.2, -0.15) is 0 Å². The van der Waals surface area contributed by atoms with E-state index in [1.807, 2.05) is 48.2 Å². The number of para-hydroxylation sites is 1. The molecule has 2 aromatic carbocycles. The highest BCUT2D eigenvalue weighted by atomic mass is 16.7. The van der Waals surface area contributed by atoms with E-state index >= 15 is 0 Å². The van der Waals surface area contributed by atoms with Crippen LogP contribution < -0.4 is 14.2 Å². The number of carbonyl (C=O) groups is 1. The van der Waals surface area contributed by atoms with Crippen LogP contribution in [0.5, 0.6) is 17.2 Å². The maximum absolute atomic E-state index is 12.4. The summed E-state index contributed by atoms with van der Waals surface area (Å²) in [4.78, 5) is 16.7. The first-order valence-electron chi connectivity index (χ1n) is 9.26. The Kier molecular flexibility index (Phi) is 5.16. The van der Waals surface area contributed by atoms with Crippen molar-refractivity contribution in [3.8, 4) is 17.2 Å². The number of ether oxygens (including phenoxy) is 3. The molecule has 0 unspecified atom stereocenters. The van der Waals surface area contributed by atoms with E-state index in [2.05, 4.69) is 11.0 Å². The molecule has 0 spiro atoms. The Bertz CT molecular complexity index is 816. The Labute approximate surface area is 159 Å². The van der Waals surface area contributed by atoms with Crippen molar-refractivity contribution in [1.29, 1.82) is 0 Å². The summed E-state index contributed by atoms with van der Waals surface area (Å²) in [7, 11) is 0. The lowest BCUT2D eigenvalue weighted by Gasteiger charge is -2.34. The molecule has 0 saturated carbocycles. The van der Waals surface area contributed by atoms with E-state index in [4.69, 9.17) is 14.2 Å². The largest absolute Gasteiger partial charge is 0.484 e. The predicted octanol–water partition coefficient (Wildman–Crippen LogP) is 2.45. The van der Waals surface area contributed by atoms with Crippen LogP contribution in [0.2, 0.25) is 0 Å². The third-order valence-corrected chi connectivity index (χ3v) is 5.01. The normalized spacial score (nSPS) is 16.4. The minimum absolute atomic E-state index is 0.0426. The first-order valence-corrected chi connectivity index (χ1v) is 9.26. The number of piperazine rings is 1. The fourth-order valence-corrected chi connectivity index (χ4v) is 3.40. The maximum atomic E-state index is 12.4. The molecule has 0 bridgehead atoms. The van der Waals surface area contributed by atoms with E-state index in [1.54, 1.807) is 0 Å². The molecule has 142 valence electrons. The monoisotopic (exact) mass is 368 g/mol. The smallest absolute Gasteiger partial charge is 0.260 e. The number of carbonyl (C=O) groups excluding carboxylic acids is 1. The maximum Gasteiger partial charge on any atom is 0.260 e. The lowest BCUT2D eigenvalue weighted by atomic mass is 10.1. The Balaban J connectivity index is 1.25. The van der Waals surface area contributed by atoms with Gasteiger partial charge in [-0.25, -0.2) is 0 Å². The van der Waals surface area contributed by atoms with E-state index in [-0.39, 0.29) is 12.5 Å². The average Bonchev–Trinajstić information content (AvgIpc) is 3.15. The van der Waals surface area contributed by atoms with Crippen molar-refractivity contribution in [1.82, 2.24) is 9.80 Å². The highest BCUT2D eigenvalue weighted by Crippen LogP contribution is 2.32. The lowest BCUT2D eigenvalue weighted by Crippen LogP contribution is -2.49. The van der Waals surface area contributed by atoms with E-state index in [1.165, 1.54) is 5.56 Å². The molecule has 2 aromatic rings. The standard InChI is InChI=1S/C21H24N2O4/c1-16-4-2-3-5-18(16)25-14-21(24)23-10-8-22(9-11-23)13-17-6-7-19-20(12-17)27-15-26-19/h2-7,12H,8-11,13-15H2,1H3. The van der Waals surface area contributed by atoms with Crippen molar-refractivity contribution >= 4 is 5.91 Å². The fourth-order valence-electron chi connectivity index (χ4n) is 3.40. The number of hydrogen-bond donors (Lipinski definition) is 0. The third kappa shape index (κ3) is 4.17. The molecule has 1 fully saturated rings. The van der Waals surface area contributed by atoms with Gasteiger partial charge in [0.25, 0.3) is 5.91 Å².